The molecule has 1 atom stereocenters. The van der Waals surface area contributed by atoms with Gasteiger partial charge in [0.15, 0.2) is 0 Å². The maximum atomic E-state index is 11.4. The Labute approximate surface area is 111 Å². The van der Waals surface area contributed by atoms with Crippen molar-refractivity contribution in [3.8, 4) is 0 Å². The molecule has 1 fully saturated rings. The average molecular weight is 270 g/mol. The number of nitrogens with one attached hydrogen (secondary N) is 1. The van der Waals surface area contributed by atoms with Crippen LogP contribution in [0.15, 0.2) is 12.3 Å². The minimum absolute atomic E-state index is 0.370. The molecule has 0 amide bonds. The number of ether oxygens (including phenoxy) is 1. The van der Waals surface area contributed by atoms with E-state index >= 15 is 0 Å². The minimum atomic E-state index is -0.426. The van der Waals surface area contributed by atoms with E-state index in [4.69, 9.17) is 11.6 Å². The number of piperazine rings is 1. The Bertz CT molecular complexity index is 453. The number of methoxy groups -OCH3 is 1. The van der Waals surface area contributed by atoms with E-state index in [0.717, 1.165) is 25.5 Å². The Balaban J connectivity index is 2.21. The van der Waals surface area contributed by atoms with E-state index in [2.05, 4.69) is 26.9 Å². The smallest absolute Gasteiger partial charge is 0.339 e. The van der Waals surface area contributed by atoms with Gasteiger partial charge in [-0.3, -0.25) is 0 Å². The van der Waals surface area contributed by atoms with Crippen LogP contribution in [0.1, 0.15) is 17.3 Å². The van der Waals surface area contributed by atoms with Crippen molar-refractivity contribution >= 4 is 23.4 Å². The maximum Gasteiger partial charge on any atom is 0.339 e. The molecule has 1 saturated heterocycles. The number of hydrogen-bond acceptors (Lipinski definition) is 5. The van der Waals surface area contributed by atoms with Gasteiger partial charge in [0.2, 0.25) is 0 Å². The normalized spacial score (nSPS) is 19.7. The van der Waals surface area contributed by atoms with Gasteiger partial charge in [-0.05, 0) is 13.0 Å². The number of carbonyl (C=O) groups is 1. The zero-order valence-corrected chi connectivity index (χ0v) is 11.2. The van der Waals surface area contributed by atoms with E-state index < -0.39 is 5.97 Å². The highest BCUT2D eigenvalue weighted by atomic mass is 35.5. The number of carbonyl (C=O) groups excluding carboxylic acids is 1. The van der Waals surface area contributed by atoms with Crippen LogP contribution < -0.4 is 10.2 Å². The molecule has 0 aromatic carbocycles. The lowest BCUT2D eigenvalue weighted by molar-refractivity contribution is 0.0600. The number of pyridine rings is 1. The molecule has 1 N–H and O–H groups in total. The Morgan fingerprint density at radius 2 is 2.44 bits per heavy atom. The molecule has 0 aliphatic carbocycles. The number of hydrogen-bond donors (Lipinski definition) is 1. The Morgan fingerprint density at radius 3 is 3.06 bits per heavy atom. The molecular weight excluding hydrogens is 254 g/mol. The van der Waals surface area contributed by atoms with Gasteiger partial charge < -0.3 is 15.0 Å². The molecule has 1 aromatic rings. The molecule has 18 heavy (non-hydrogen) atoms. The predicted molar refractivity (Wildman–Crippen MR) is 70.3 cm³/mol. The SMILES string of the molecule is COC(=O)c1cnc(N2CCN[C@H](C)C2)c(Cl)c1. The number of nitrogens with zero attached hydrogens (tertiary/aromatic N) is 2. The summed E-state index contributed by atoms with van der Waals surface area (Å²) in [6.45, 7) is 4.72. The topological polar surface area (TPSA) is 54.5 Å². The summed E-state index contributed by atoms with van der Waals surface area (Å²) in [6.07, 6.45) is 1.50. The summed E-state index contributed by atoms with van der Waals surface area (Å²) in [6, 6.07) is 2.00. The summed E-state index contributed by atoms with van der Waals surface area (Å²) >= 11 is 6.18. The first-order valence-corrected chi connectivity index (χ1v) is 6.22. The molecule has 2 heterocycles. The number of rotatable bonds is 2. The Hall–Kier alpha value is -1.33. The first-order chi connectivity index (χ1) is 8.61. The van der Waals surface area contributed by atoms with Gasteiger partial charge in [-0.2, -0.15) is 0 Å². The number of aromatic nitrogens is 1. The monoisotopic (exact) mass is 269 g/mol. The molecule has 1 aromatic heterocycles. The van der Waals surface area contributed by atoms with Crippen molar-refractivity contribution in [1.29, 1.82) is 0 Å². The van der Waals surface area contributed by atoms with Crippen LogP contribution in [0.25, 0.3) is 0 Å². The molecule has 0 unspecified atom stereocenters. The van der Waals surface area contributed by atoms with Crippen molar-refractivity contribution in [2.24, 2.45) is 0 Å². The summed E-state index contributed by atoms with van der Waals surface area (Å²) in [5.74, 6) is 0.294. The lowest BCUT2D eigenvalue weighted by Crippen LogP contribution is -2.49. The highest BCUT2D eigenvalue weighted by molar-refractivity contribution is 6.33. The van der Waals surface area contributed by atoms with Crippen LogP contribution >= 0.6 is 11.6 Å². The third-order valence-electron chi connectivity index (χ3n) is 2.91. The van der Waals surface area contributed by atoms with Crippen LogP contribution in [0.3, 0.4) is 0 Å². The molecule has 0 spiro atoms. The maximum absolute atomic E-state index is 11.4. The third-order valence-corrected chi connectivity index (χ3v) is 3.19. The van der Waals surface area contributed by atoms with Gasteiger partial charge in [0.1, 0.15) is 5.82 Å². The Morgan fingerprint density at radius 1 is 1.67 bits per heavy atom. The Kier molecular flexibility index (Phi) is 4.04. The fraction of sp³-hybridized carbons (Fsp3) is 0.500. The van der Waals surface area contributed by atoms with Crippen LogP contribution in [-0.2, 0) is 4.74 Å². The second-order valence-electron chi connectivity index (χ2n) is 4.32. The zero-order chi connectivity index (χ0) is 13.1. The first-order valence-electron chi connectivity index (χ1n) is 5.84. The molecule has 0 saturated carbocycles. The second-order valence-corrected chi connectivity index (χ2v) is 4.73. The van der Waals surface area contributed by atoms with Crippen molar-refractivity contribution in [3.63, 3.8) is 0 Å². The standard InChI is InChI=1S/C12H16ClN3O2/c1-8-7-16(4-3-14-8)11-10(13)5-9(6-15-11)12(17)18-2/h5-6,8,14H,3-4,7H2,1-2H3/t8-/m1/s1. The van der Waals surface area contributed by atoms with Gasteiger partial charge in [-0.1, -0.05) is 11.6 Å². The zero-order valence-electron chi connectivity index (χ0n) is 10.4. The lowest BCUT2D eigenvalue weighted by atomic mass is 10.2. The van der Waals surface area contributed by atoms with E-state index in [1.165, 1.54) is 13.3 Å². The van der Waals surface area contributed by atoms with E-state index in [9.17, 15) is 4.79 Å². The molecule has 0 bridgehead atoms. The van der Waals surface area contributed by atoms with Crippen LogP contribution in [0.5, 0.6) is 0 Å². The van der Waals surface area contributed by atoms with Gasteiger partial charge in [0.25, 0.3) is 0 Å². The molecule has 1 aliphatic rings. The van der Waals surface area contributed by atoms with E-state index in [1.54, 1.807) is 6.07 Å². The van der Waals surface area contributed by atoms with Crippen molar-refractivity contribution in [2.75, 3.05) is 31.6 Å². The molecule has 5 nitrogen and oxygen atoms in total. The number of halogens is 1. The predicted octanol–water partition coefficient (Wildman–Crippen LogP) is 1.32. The van der Waals surface area contributed by atoms with Crippen LogP contribution in [0.4, 0.5) is 5.82 Å². The van der Waals surface area contributed by atoms with Crippen LogP contribution in [0.2, 0.25) is 5.02 Å². The second kappa shape index (κ2) is 5.54. The largest absolute Gasteiger partial charge is 0.465 e. The molecule has 2 rings (SSSR count). The van der Waals surface area contributed by atoms with Gasteiger partial charge in [-0.15, -0.1) is 0 Å². The molecular formula is C12H16ClN3O2. The van der Waals surface area contributed by atoms with Crippen molar-refractivity contribution in [3.05, 3.63) is 22.8 Å². The fourth-order valence-corrected chi connectivity index (χ4v) is 2.30. The van der Waals surface area contributed by atoms with Crippen LogP contribution in [-0.4, -0.2) is 43.7 Å². The lowest BCUT2D eigenvalue weighted by Gasteiger charge is -2.33. The number of anilines is 1. The first kappa shape index (κ1) is 13.1. The molecule has 6 heteroatoms. The quantitative estimate of drug-likeness (QED) is 0.821. The third kappa shape index (κ3) is 2.73. The van der Waals surface area contributed by atoms with Gasteiger partial charge in [0, 0.05) is 31.9 Å². The van der Waals surface area contributed by atoms with Crippen molar-refractivity contribution < 1.29 is 9.53 Å². The summed E-state index contributed by atoms with van der Waals surface area (Å²) in [5.41, 5.74) is 0.370. The van der Waals surface area contributed by atoms with Gasteiger partial charge >= 0.3 is 5.97 Å². The summed E-state index contributed by atoms with van der Waals surface area (Å²) < 4.78 is 4.63. The molecule has 98 valence electrons. The summed E-state index contributed by atoms with van der Waals surface area (Å²) in [7, 11) is 1.34. The van der Waals surface area contributed by atoms with Crippen molar-refractivity contribution in [2.45, 2.75) is 13.0 Å². The minimum Gasteiger partial charge on any atom is -0.465 e. The highest BCUT2D eigenvalue weighted by Crippen LogP contribution is 2.25. The van der Waals surface area contributed by atoms with Crippen molar-refractivity contribution in [1.82, 2.24) is 10.3 Å². The highest BCUT2D eigenvalue weighted by Gasteiger charge is 2.20. The molecule has 1 aliphatic heterocycles. The van der Waals surface area contributed by atoms with Gasteiger partial charge in [0.05, 0.1) is 17.7 Å². The van der Waals surface area contributed by atoms with E-state index in [-0.39, 0.29) is 0 Å². The average Bonchev–Trinajstić information content (AvgIpc) is 2.37. The summed E-state index contributed by atoms with van der Waals surface area (Å²) in [4.78, 5) is 17.7. The summed E-state index contributed by atoms with van der Waals surface area (Å²) in [5, 5.41) is 3.83. The van der Waals surface area contributed by atoms with E-state index in [0.29, 0.717) is 16.6 Å². The van der Waals surface area contributed by atoms with E-state index in [1.807, 2.05) is 0 Å². The number of esters is 1. The van der Waals surface area contributed by atoms with Crippen LogP contribution in [0, 0.1) is 0 Å². The molecule has 0 radical (unpaired) electrons. The van der Waals surface area contributed by atoms with Gasteiger partial charge in [-0.25, -0.2) is 9.78 Å². The fourth-order valence-electron chi connectivity index (χ4n) is 2.02.